The zero-order valence-corrected chi connectivity index (χ0v) is 15.3. The number of carboxylic acid groups (broad SMARTS) is 1. The highest BCUT2D eigenvalue weighted by Crippen LogP contribution is 2.14. The molecule has 0 aliphatic heterocycles. The summed E-state index contributed by atoms with van der Waals surface area (Å²) in [6.45, 7) is 3.62. The molecule has 1 aromatic carbocycles. The van der Waals surface area contributed by atoms with Crippen LogP contribution in [-0.2, 0) is 16.1 Å². The number of carbonyl (C=O) groups is 3. The van der Waals surface area contributed by atoms with Crippen LogP contribution in [0.15, 0.2) is 34.7 Å². The largest absolute Gasteiger partial charge is 0.478 e. The normalized spacial score (nSPS) is 10.4. The van der Waals surface area contributed by atoms with E-state index < -0.39 is 5.97 Å². The summed E-state index contributed by atoms with van der Waals surface area (Å²) in [5.74, 6) is -0.571. The van der Waals surface area contributed by atoms with Gasteiger partial charge in [0.2, 0.25) is 11.8 Å². The van der Waals surface area contributed by atoms with Gasteiger partial charge in [-0.2, -0.15) is 0 Å². The van der Waals surface area contributed by atoms with Crippen molar-refractivity contribution in [1.29, 1.82) is 0 Å². The molecule has 0 saturated heterocycles. The van der Waals surface area contributed by atoms with E-state index in [0.717, 1.165) is 5.56 Å². The molecule has 0 aliphatic rings. The van der Waals surface area contributed by atoms with Crippen molar-refractivity contribution in [2.45, 2.75) is 20.4 Å². The molecule has 26 heavy (non-hydrogen) atoms. The van der Waals surface area contributed by atoms with E-state index >= 15 is 0 Å². The number of aryl methyl sites for hydroxylation is 2. The Balaban J connectivity index is 1.68. The number of benzene rings is 1. The molecule has 3 N–H and O–H groups in total. The standard InChI is InChI=1S/C18H20N2O5S/c1-11-3-5-13(6-4-11)20-17(22)10-26-9-16(21)19-8-14-7-15(18(23)24)12(2)25-14/h3-7H,8-10H2,1-2H3,(H,19,21)(H,20,22)(H,23,24). The van der Waals surface area contributed by atoms with Gasteiger partial charge in [-0.1, -0.05) is 17.7 Å². The summed E-state index contributed by atoms with van der Waals surface area (Å²) in [5.41, 5.74) is 1.90. The van der Waals surface area contributed by atoms with Crippen LogP contribution in [0.5, 0.6) is 0 Å². The maximum absolute atomic E-state index is 11.8. The van der Waals surface area contributed by atoms with E-state index in [1.54, 1.807) is 6.92 Å². The predicted octanol–water partition coefficient (Wildman–Crippen LogP) is 2.58. The van der Waals surface area contributed by atoms with Crippen LogP contribution in [0.4, 0.5) is 5.69 Å². The molecule has 0 unspecified atom stereocenters. The van der Waals surface area contributed by atoms with Crippen molar-refractivity contribution in [3.05, 3.63) is 53.0 Å². The van der Waals surface area contributed by atoms with Crippen LogP contribution in [0.3, 0.4) is 0 Å². The SMILES string of the molecule is Cc1ccc(NC(=O)CSCC(=O)NCc2cc(C(=O)O)c(C)o2)cc1. The fourth-order valence-corrected chi connectivity index (χ4v) is 2.80. The number of hydrogen-bond acceptors (Lipinski definition) is 5. The van der Waals surface area contributed by atoms with Gasteiger partial charge in [0.15, 0.2) is 0 Å². The van der Waals surface area contributed by atoms with Crippen LogP contribution in [0.2, 0.25) is 0 Å². The Morgan fingerprint density at radius 3 is 2.35 bits per heavy atom. The third-order valence-electron chi connectivity index (χ3n) is 3.46. The van der Waals surface area contributed by atoms with Crippen molar-refractivity contribution in [2.75, 3.05) is 16.8 Å². The molecular weight excluding hydrogens is 356 g/mol. The molecular formula is C18H20N2O5S. The van der Waals surface area contributed by atoms with E-state index in [2.05, 4.69) is 10.6 Å². The first-order valence-electron chi connectivity index (χ1n) is 7.88. The number of thioether (sulfide) groups is 1. The van der Waals surface area contributed by atoms with E-state index in [1.165, 1.54) is 17.8 Å². The van der Waals surface area contributed by atoms with Crippen molar-refractivity contribution in [3.8, 4) is 0 Å². The van der Waals surface area contributed by atoms with Gasteiger partial charge in [-0.15, -0.1) is 11.8 Å². The summed E-state index contributed by atoms with van der Waals surface area (Å²) in [6, 6.07) is 8.84. The fourth-order valence-electron chi connectivity index (χ4n) is 2.15. The Morgan fingerprint density at radius 2 is 1.73 bits per heavy atom. The highest BCUT2D eigenvalue weighted by Gasteiger charge is 2.14. The number of anilines is 1. The zero-order valence-electron chi connectivity index (χ0n) is 14.5. The molecule has 0 fully saturated rings. The van der Waals surface area contributed by atoms with E-state index in [1.807, 2.05) is 31.2 Å². The molecule has 1 heterocycles. The number of aromatic carboxylic acids is 1. The lowest BCUT2D eigenvalue weighted by molar-refractivity contribution is -0.118. The van der Waals surface area contributed by atoms with Crippen LogP contribution in [0.1, 0.15) is 27.4 Å². The molecule has 0 saturated carbocycles. The van der Waals surface area contributed by atoms with Crippen LogP contribution in [-0.4, -0.2) is 34.4 Å². The summed E-state index contributed by atoms with van der Waals surface area (Å²) in [4.78, 5) is 34.6. The molecule has 1 aromatic heterocycles. The summed E-state index contributed by atoms with van der Waals surface area (Å²) < 4.78 is 5.28. The van der Waals surface area contributed by atoms with Crippen LogP contribution in [0, 0.1) is 13.8 Å². The Hall–Kier alpha value is -2.74. The highest BCUT2D eigenvalue weighted by atomic mass is 32.2. The molecule has 0 spiro atoms. The first-order chi connectivity index (χ1) is 12.3. The summed E-state index contributed by atoms with van der Waals surface area (Å²) in [5, 5.41) is 14.3. The molecule has 2 amide bonds. The van der Waals surface area contributed by atoms with Gasteiger partial charge in [-0.25, -0.2) is 4.79 Å². The monoisotopic (exact) mass is 376 g/mol. The third kappa shape index (κ3) is 5.96. The average Bonchev–Trinajstić information content (AvgIpc) is 2.96. The maximum Gasteiger partial charge on any atom is 0.339 e. The molecule has 138 valence electrons. The van der Waals surface area contributed by atoms with Gasteiger partial charge >= 0.3 is 5.97 Å². The van der Waals surface area contributed by atoms with Crippen molar-refractivity contribution < 1.29 is 23.9 Å². The fraction of sp³-hybridized carbons (Fsp3) is 0.278. The van der Waals surface area contributed by atoms with Crippen molar-refractivity contribution in [3.63, 3.8) is 0 Å². The average molecular weight is 376 g/mol. The van der Waals surface area contributed by atoms with Crippen LogP contribution < -0.4 is 10.6 Å². The highest BCUT2D eigenvalue weighted by molar-refractivity contribution is 8.00. The first kappa shape index (κ1) is 19.6. The quantitative estimate of drug-likeness (QED) is 0.653. The van der Waals surface area contributed by atoms with Gasteiger partial charge in [0.1, 0.15) is 17.1 Å². The second-order valence-electron chi connectivity index (χ2n) is 5.67. The van der Waals surface area contributed by atoms with Gasteiger partial charge in [-0.3, -0.25) is 9.59 Å². The number of carbonyl (C=O) groups excluding carboxylic acids is 2. The zero-order chi connectivity index (χ0) is 19.1. The lowest BCUT2D eigenvalue weighted by Gasteiger charge is -2.06. The second-order valence-corrected chi connectivity index (χ2v) is 6.66. The Kier molecular flexibility index (Phi) is 6.85. The van der Waals surface area contributed by atoms with E-state index in [9.17, 15) is 14.4 Å². The van der Waals surface area contributed by atoms with E-state index in [0.29, 0.717) is 17.2 Å². The number of hydrogen-bond donors (Lipinski definition) is 3. The minimum Gasteiger partial charge on any atom is -0.478 e. The van der Waals surface area contributed by atoms with Gasteiger partial charge in [0.05, 0.1) is 18.1 Å². The van der Waals surface area contributed by atoms with Gasteiger partial charge in [0.25, 0.3) is 0 Å². The molecule has 8 heteroatoms. The lowest BCUT2D eigenvalue weighted by Crippen LogP contribution is -2.25. The smallest absolute Gasteiger partial charge is 0.339 e. The number of furan rings is 1. The first-order valence-corrected chi connectivity index (χ1v) is 9.04. The molecule has 7 nitrogen and oxygen atoms in total. The minimum atomic E-state index is -1.07. The van der Waals surface area contributed by atoms with Crippen LogP contribution in [0.25, 0.3) is 0 Å². The molecule has 2 aromatic rings. The summed E-state index contributed by atoms with van der Waals surface area (Å²) >= 11 is 1.19. The van der Waals surface area contributed by atoms with Gasteiger partial charge in [-0.05, 0) is 32.0 Å². The number of amides is 2. The third-order valence-corrected chi connectivity index (χ3v) is 4.39. The number of carboxylic acids is 1. The molecule has 0 bridgehead atoms. The van der Waals surface area contributed by atoms with Crippen molar-refractivity contribution in [2.24, 2.45) is 0 Å². The van der Waals surface area contributed by atoms with E-state index in [-0.39, 0.29) is 35.4 Å². The van der Waals surface area contributed by atoms with Gasteiger partial charge in [0, 0.05) is 5.69 Å². The second kappa shape index (κ2) is 9.10. The molecule has 0 atom stereocenters. The summed E-state index contributed by atoms with van der Waals surface area (Å²) in [6.07, 6.45) is 0. The Labute approximate surface area is 155 Å². The molecule has 2 rings (SSSR count). The van der Waals surface area contributed by atoms with E-state index in [4.69, 9.17) is 9.52 Å². The maximum atomic E-state index is 11.8. The number of rotatable bonds is 8. The topological polar surface area (TPSA) is 109 Å². The molecule has 0 aliphatic carbocycles. The minimum absolute atomic E-state index is 0.0800. The lowest BCUT2D eigenvalue weighted by atomic mass is 10.2. The van der Waals surface area contributed by atoms with Crippen LogP contribution >= 0.6 is 11.8 Å². The van der Waals surface area contributed by atoms with Crippen molar-refractivity contribution >= 4 is 35.2 Å². The van der Waals surface area contributed by atoms with Crippen molar-refractivity contribution in [1.82, 2.24) is 5.32 Å². The molecule has 0 radical (unpaired) electrons. The summed E-state index contributed by atoms with van der Waals surface area (Å²) in [7, 11) is 0. The number of nitrogens with one attached hydrogen (secondary N) is 2. The van der Waals surface area contributed by atoms with Gasteiger partial charge < -0.3 is 20.2 Å². The Morgan fingerprint density at radius 1 is 1.08 bits per heavy atom. The predicted molar refractivity (Wildman–Crippen MR) is 99.4 cm³/mol. The Bertz CT molecular complexity index is 798.